The molecule has 1 heterocycles. The molecule has 19 heavy (non-hydrogen) atoms. The van der Waals surface area contributed by atoms with Gasteiger partial charge in [0.05, 0.1) is 0 Å². The second kappa shape index (κ2) is 11.0. The van der Waals surface area contributed by atoms with Crippen LogP contribution in [-0.4, -0.2) is 11.5 Å². The molecule has 1 atom stereocenters. The van der Waals surface area contributed by atoms with E-state index in [0.29, 0.717) is 6.04 Å². The first-order chi connectivity index (χ1) is 9.38. The third-order valence-corrected chi connectivity index (χ3v) is 3.57. The minimum absolute atomic E-state index is 0.486. The lowest BCUT2D eigenvalue weighted by molar-refractivity contribution is 0.465. The number of aromatic nitrogens is 1. The van der Waals surface area contributed by atoms with E-state index in [4.69, 9.17) is 0 Å². The second-order valence-electron chi connectivity index (χ2n) is 5.35. The first-order valence-corrected chi connectivity index (χ1v) is 8.01. The van der Waals surface area contributed by atoms with Gasteiger partial charge in [-0.2, -0.15) is 0 Å². The Morgan fingerprint density at radius 2 is 1.84 bits per heavy atom. The summed E-state index contributed by atoms with van der Waals surface area (Å²) in [6, 6.07) is 4.72. The summed E-state index contributed by atoms with van der Waals surface area (Å²) < 4.78 is 0. The summed E-state index contributed by atoms with van der Waals surface area (Å²) in [5, 5.41) is 3.65. The molecule has 0 bridgehead atoms. The fourth-order valence-electron chi connectivity index (χ4n) is 2.42. The van der Waals surface area contributed by atoms with E-state index < -0.39 is 0 Å². The Morgan fingerprint density at radius 1 is 1.05 bits per heavy atom. The molecule has 1 rings (SSSR count). The summed E-state index contributed by atoms with van der Waals surface area (Å²) in [6.45, 7) is 5.58. The maximum Gasteiger partial charge on any atom is 0.0335 e. The van der Waals surface area contributed by atoms with Crippen LogP contribution in [0.4, 0.5) is 0 Å². The highest BCUT2D eigenvalue weighted by molar-refractivity contribution is 5.13. The van der Waals surface area contributed by atoms with Crippen LogP contribution < -0.4 is 5.32 Å². The van der Waals surface area contributed by atoms with E-state index >= 15 is 0 Å². The standard InChI is InChI=1S/C17H30N2/c1-3-5-6-7-8-9-12-17(19-13-4-2)16-11-10-14-18-15-16/h10-11,14-15,17,19H,3-9,12-13H2,1-2H3. The Kier molecular flexibility index (Phi) is 9.34. The van der Waals surface area contributed by atoms with Crippen LogP contribution in [0.1, 0.15) is 76.8 Å². The van der Waals surface area contributed by atoms with Gasteiger partial charge >= 0.3 is 0 Å². The van der Waals surface area contributed by atoms with Crippen LogP contribution in [0.3, 0.4) is 0 Å². The number of nitrogens with one attached hydrogen (secondary N) is 1. The Bertz CT molecular complexity index is 297. The lowest BCUT2D eigenvalue weighted by Crippen LogP contribution is -2.22. The van der Waals surface area contributed by atoms with Crippen molar-refractivity contribution in [3.8, 4) is 0 Å². The molecular weight excluding hydrogens is 232 g/mol. The smallest absolute Gasteiger partial charge is 0.0335 e. The van der Waals surface area contributed by atoms with Gasteiger partial charge in [0.25, 0.3) is 0 Å². The van der Waals surface area contributed by atoms with Crippen LogP contribution in [0.5, 0.6) is 0 Å². The van der Waals surface area contributed by atoms with E-state index in [0.717, 1.165) is 6.54 Å². The molecule has 2 heteroatoms. The summed E-state index contributed by atoms with van der Waals surface area (Å²) in [4.78, 5) is 4.24. The van der Waals surface area contributed by atoms with Crippen molar-refractivity contribution in [2.24, 2.45) is 0 Å². The monoisotopic (exact) mass is 262 g/mol. The molecule has 0 amide bonds. The number of hydrogen-bond acceptors (Lipinski definition) is 2. The first-order valence-electron chi connectivity index (χ1n) is 8.01. The molecule has 0 aliphatic rings. The average Bonchev–Trinajstić information content (AvgIpc) is 2.46. The van der Waals surface area contributed by atoms with Crippen molar-refractivity contribution in [1.82, 2.24) is 10.3 Å². The van der Waals surface area contributed by atoms with E-state index in [1.807, 2.05) is 18.5 Å². The minimum atomic E-state index is 0.486. The summed E-state index contributed by atoms with van der Waals surface area (Å²) in [6.07, 6.45) is 14.5. The van der Waals surface area contributed by atoms with Gasteiger partial charge in [0, 0.05) is 18.4 Å². The van der Waals surface area contributed by atoms with Crippen LogP contribution in [0.25, 0.3) is 0 Å². The molecule has 1 aromatic heterocycles. The minimum Gasteiger partial charge on any atom is -0.310 e. The molecule has 1 N–H and O–H groups in total. The quantitative estimate of drug-likeness (QED) is 0.575. The van der Waals surface area contributed by atoms with Crippen LogP contribution in [0.15, 0.2) is 24.5 Å². The van der Waals surface area contributed by atoms with Crippen molar-refractivity contribution in [2.75, 3.05) is 6.54 Å². The second-order valence-corrected chi connectivity index (χ2v) is 5.35. The Hall–Kier alpha value is -0.890. The highest BCUT2D eigenvalue weighted by Crippen LogP contribution is 2.19. The van der Waals surface area contributed by atoms with Gasteiger partial charge < -0.3 is 5.32 Å². The molecular formula is C17H30N2. The third kappa shape index (κ3) is 7.31. The van der Waals surface area contributed by atoms with Crippen molar-refractivity contribution in [1.29, 1.82) is 0 Å². The van der Waals surface area contributed by atoms with Gasteiger partial charge in [0.1, 0.15) is 0 Å². The van der Waals surface area contributed by atoms with E-state index in [1.165, 1.54) is 56.9 Å². The zero-order chi connectivity index (χ0) is 13.8. The summed E-state index contributed by atoms with van der Waals surface area (Å²) >= 11 is 0. The lowest BCUT2D eigenvalue weighted by atomic mass is 10.0. The zero-order valence-electron chi connectivity index (χ0n) is 12.7. The molecule has 1 unspecified atom stereocenters. The Labute approximate surface area is 119 Å². The average molecular weight is 262 g/mol. The van der Waals surface area contributed by atoms with E-state index in [9.17, 15) is 0 Å². The van der Waals surface area contributed by atoms with Crippen molar-refractivity contribution in [3.05, 3.63) is 30.1 Å². The van der Waals surface area contributed by atoms with Gasteiger partial charge in [0.2, 0.25) is 0 Å². The van der Waals surface area contributed by atoms with Crippen molar-refractivity contribution >= 4 is 0 Å². The van der Waals surface area contributed by atoms with Crippen molar-refractivity contribution in [3.63, 3.8) is 0 Å². The van der Waals surface area contributed by atoms with Gasteiger partial charge in [-0.25, -0.2) is 0 Å². The van der Waals surface area contributed by atoms with Crippen LogP contribution in [0.2, 0.25) is 0 Å². The zero-order valence-corrected chi connectivity index (χ0v) is 12.7. The van der Waals surface area contributed by atoms with Gasteiger partial charge in [-0.15, -0.1) is 0 Å². The normalized spacial score (nSPS) is 12.5. The van der Waals surface area contributed by atoms with Crippen LogP contribution in [0, 0.1) is 0 Å². The molecule has 0 saturated heterocycles. The Morgan fingerprint density at radius 3 is 2.53 bits per heavy atom. The maximum atomic E-state index is 4.24. The van der Waals surface area contributed by atoms with Gasteiger partial charge in [-0.3, -0.25) is 4.98 Å². The number of unbranched alkanes of at least 4 members (excludes halogenated alkanes) is 5. The summed E-state index contributed by atoms with van der Waals surface area (Å²) in [5.74, 6) is 0. The largest absolute Gasteiger partial charge is 0.310 e. The third-order valence-electron chi connectivity index (χ3n) is 3.57. The molecule has 0 aromatic carbocycles. The van der Waals surface area contributed by atoms with Crippen molar-refractivity contribution in [2.45, 2.75) is 71.3 Å². The van der Waals surface area contributed by atoms with Crippen molar-refractivity contribution < 1.29 is 0 Å². The molecule has 0 spiro atoms. The fourth-order valence-corrected chi connectivity index (χ4v) is 2.42. The summed E-state index contributed by atoms with van der Waals surface area (Å²) in [5.41, 5.74) is 1.34. The highest BCUT2D eigenvalue weighted by atomic mass is 14.9. The molecule has 0 aliphatic carbocycles. The first kappa shape index (κ1) is 16.2. The van der Waals surface area contributed by atoms with Gasteiger partial charge in [-0.1, -0.05) is 58.4 Å². The molecule has 0 aliphatic heterocycles. The fraction of sp³-hybridized carbons (Fsp3) is 0.706. The number of rotatable bonds is 11. The summed E-state index contributed by atoms with van der Waals surface area (Å²) in [7, 11) is 0. The highest BCUT2D eigenvalue weighted by Gasteiger charge is 2.09. The maximum absolute atomic E-state index is 4.24. The number of hydrogen-bond donors (Lipinski definition) is 1. The SMILES string of the molecule is CCCCCCCCC(NCCC)c1cccnc1. The van der Waals surface area contributed by atoms with E-state index in [1.54, 1.807) is 0 Å². The molecule has 108 valence electrons. The molecule has 0 saturated carbocycles. The topological polar surface area (TPSA) is 24.9 Å². The lowest BCUT2D eigenvalue weighted by Gasteiger charge is -2.18. The van der Waals surface area contributed by atoms with Gasteiger partial charge in [-0.05, 0) is 31.0 Å². The predicted molar refractivity (Wildman–Crippen MR) is 83.3 cm³/mol. The van der Waals surface area contributed by atoms with E-state index in [-0.39, 0.29) is 0 Å². The predicted octanol–water partition coefficient (Wildman–Crippen LogP) is 4.87. The number of pyridine rings is 1. The van der Waals surface area contributed by atoms with E-state index in [2.05, 4.69) is 30.2 Å². The number of nitrogens with zero attached hydrogens (tertiary/aromatic N) is 1. The van der Waals surface area contributed by atoms with Gasteiger partial charge in [0.15, 0.2) is 0 Å². The molecule has 1 aromatic rings. The van der Waals surface area contributed by atoms with Crippen LogP contribution >= 0.6 is 0 Å². The molecule has 2 nitrogen and oxygen atoms in total. The molecule has 0 radical (unpaired) electrons. The molecule has 0 fully saturated rings. The Balaban J connectivity index is 2.30. The van der Waals surface area contributed by atoms with Crippen LogP contribution in [-0.2, 0) is 0 Å².